The predicted molar refractivity (Wildman–Crippen MR) is 91.9 cm³/mol. The number of benzene rings is 1. The summed E-state index contributed by atoms with van der Waals surface area (Å²) in [5, 5.41) is 9.55. The summed E-state index contributed by atoms with van der Waals surface area (Å²) in [6.07, 6.45) is 9.11. The molecule has 1 N–H and O–H groups in total. The number of hydrogen-bond acceptors (Lipinski definition) is 5. The number of hydrogen-bond donors (Lipinski definition) is 1. The van der Waals surface area contributed by atoms with E-state index < -0.39 is 5.97 Å². The first-order valence-corrected chi connectivity index (χ1v) is 8.43. The number of ether oxygens (including phenoxy) is 2. The van der Waals surface area contributed by atoms with E-state index >= 15 is 0 Å². The monoisotopic (exact) mass is 334 g/mol. The zero-order valence-electron chi connectivity index (χ0n) is 14.2. The number of unbranched alkanes of at least 4 members (excludes halogenated alkanes) is 5. The molecule has 1 aromatic rings. The Kier molecular flexibility index (Phi) is 10.0. The predicted octanol–water partition coefficient (Wildman–Crippen LogP) is 4.01. The zero-order valence-corrected chi connectivity index (χ0v) is 14.2. The molecule has 0 bridgehead atoms. The van der Waals surface area contributed by atoms with Gasteiger partial charge in [0.25, 0.3) is 0 Å². The van der Waals surface area contributed by atoms with Gasteiger partial charge in [0.05, 0.1) is 13.2 Å². The minimum Gasteiger partial charge on any atom is -0.507 e. The SMILES string of the molecule is CCOC(=O)C=CCCCCCCCOC(=O)c1ccccc1O. The first kappa shape index (κ1) is 19.7. The van der Waals surface area contributed by atoms with E-state index in [0.29, 0.717) is 13.2 Å². The second-order valence-electron chi connectivity index (χ2n) is 5.36. The van der Waals surface area contributed by atoms with Crippen molar-refractivity contribution in [3.8, 4) is 5.75 Å². The summed E-state index contributed by atoms with van der Waals surface area (Å²) in [6.45, 7) is 2.54. The van der Waals surface area contributed by atoms with Crippen LogP contribution in [0.5, 0.6) is 5.75 Å². The molecule has 0 amide bonds. The average Bonchev–Trinajstić information content (AvgIpc) is 2.57. The van der Waals surface area contributed by atoms with Crippen molar-refractivity contribution in [3.05, 3.63) is 42.0 Å². The molecule has 132 valence electrons. The highest BCUT2D eigenvalue weighted by atomic mass is 16.5. The van der Waals surface area contributed by atoms with Crippen molar-refractivity contribution in [2.45, 2.75) is 45.4 Å². The molecule has 0 aliphatic heterocycles. The number of phenolic OH excluding ortho intramolecular Hbond substituents is 1. The number of para-hydroxylation sites is 1. The maximum Gasteiger partial charge on any atom is 0.341 e. The molecule has 0 aliphatic rings. The maximum absolute atomic E-state index is 11.7. The van der Waals surface area contributed by atoms with Crippen molar-refractivity contribution in [1.29, 1.82) is 0 Å². The highest BCUT2D eigenvalue weighted by Gasteiger charge is 2.10. The van der Waals surface area contributed by atoms with Crippen molar-refractivity contribution >= 4 is 11.9 Å². The van der Waals surface area contributed by atoms with E-state index in [4.69, 9.17) is 9.47 Å². The number of phenols is 1. The molecule has 0 atom stereocenters. The second kappa shape index (κ2) is 12.2. The quantitative estimate of drug-likeness (QED) is 0.376. The number of rotatable bonds is 11. The summed E-state index contributed by atoms with van der Waals surface area (Å²) in [5.74, 6) is -0.834. The molecular formula is C19H26O5. The number of esters is 2. The largest absolute Gasteiger partial charge is 0.507 e. The van der Waals surface area contributed by atoms with Crippen LogP contribution in [0.4, 0.5) is 0 Å². The van der Waals surface area contributed by atoms with E-state index in [2.05, 4.69) is 0 Å². The topological polar surface area (TPSA) is 72.8 Å². The number of allylic oxidation sites excluding steroid dienone is 1. The van der Waals surface area contributed by atoms with Gasteiger partial charge in [-0.25, -0.2) is 9.59 Å². The summed E-state index contributed by atoms with van der Waals surface area (Å²) in [5.41, 5.74) is 0.200. The van der Waals surface area contributed by atoms with Crippen LogP contribution in [-0.2, 0) is 14.3 Å². The van der Waals surface area contributed by atoms with Crippen LogP contribution < -0.4 is 0 Å². The van der Waals surface area contributed by atoms with E-state index in [1.165, 1.54) is 12.1 Å². The van der Waals surface area contributed by atoms with Crippen molar-refractivity contribution < 1.29 is 24.2 Å². The summed E-state index contributed by atoms with van der Waals surface area (Å²) in [4.78, 5) is 22.8. The summed E-state index contributed by atoms with van der Waals surface area (Å²) in [6, 6.07) is 6.36. The van der Waals surface area contributed by atoms with Crippen LogP contribution in [0.25, 0.3) is 0 Å². The molecule has 1 rings (SSSR count). The lowest BCUT2D eigenvalue weighted by molar-refractivity contribution is -0.137. The Balaban J connectivity index is 2.00. The molecule has 5 heteroatoms. The summed E-state index contributed by atoms with van der Waals surface area (Å²) in [7, 11) is 0. The number of carbonyl (C=O) groups is 2. The van der Waals surface area contributed by atoms with Gasteiger partial charge in [-0.2, -0.15) is 0 Å². The van der Waals surface area contributed by atoms with E-state index in [1.807, 2.05) is 6.08 Å². The van der Waals surface area contributed by atoms with E-state index in [-0.39, 0.29) is 17.3 Å². The first-order valence-electron chi connectivity index (χ1n) is 8.43. The summed E-state index contributed by atoms with van der Waals surface area (Å²) < 4.78 is 9.93. The number of aromatic hydroxyl groups is 1. The molecule has 24 heavy (non-hydrogen) atoms. The van der Waals surface area contributed by atoms with Crippen molar-refractivity contribution in [1.82, 2.24) is 0 Å². The van der Waals surface area contributed by atoms with Gasteiger partial charge < -0.3 is 14.6 Å². The Morgan fingerprint density at radius 2 is 1.75 bits per heavy atom. The van der Waals surface area contributed by atoms with Gasteiger partial charge in [0, 0.05) is 6.08 Å². The van der Waals surface area contributed by atoms with Gasteiger partial charge in [-0.1, -0.05) is 37.5 Å². The lowest BCUT2D eigenvalue weighted by atomic mass is 10.1. The molecule has 0 radical (unpaired) electrons. The molecule has 0 saturated heterocycles. The molecule has 0 saturated carbocycles. The van der Waals surface area contributed by atoms with E-state index in [1.54, 1.807) is 25.1 Å². The second-order valence-corrected chi connectivity index (χ2v) is 5.36. The van der Waals surface area contributed by atoms with Crippen molar-refractivity contribution in [2.24, 2.45) is 0 Å². The fourth-order valence-electron chi connectivity index (χ4n) is 2.15. The third-order valence-corrected chi connectivity index (χ3v) is 3.41. The van der Waals surface area contributed by atoms with Gasteiger partial charge in [-0.3, -0.25) is 0 Å². The Hall–Kier alpha value is -2.30. The molecule has 0 spiro atoms. The Labute approximate surface area is 143 Å². The normalized spacial score (nSPS) is 10.7. The lowest BCUT2D eigenvalue weighted by Gasteiger charge is -2.06. The van der Waals surface area contributed by atoms with Crippen LogP contribution in [0, 0.1) is 0 Å². The zero-order chi connectivity index (χ0) is 17.6. The van der Waals surface area contributed by atoms with Crippen molar-refractivity contribution in [2.75, 3.05) is 13.2 Å². The van der Waals surface area contributed by atoms with Crippen LogP contribution in [0.1, 0.15) is 55.8 Å². The Bertz CT molecular complexity index is 536. The van der Waals surface area contributed by atoms with Gasteiger partial charge >= 0.3 is 11.9 Å². The number of carbonyl (C=O) groups excluding carboxylic acids is 2. The third-order valence-electron chi connectivity index (χ3n) is 3.41. The fourth-order valence-corrected chi connectivity index (χ4v) is 2.15. The van der Waals surface area contributed by atoms with Gasteiger partial charge in [0.1, 0.15) is 11.3 Å². The average molecular weight is 334 g/mol. The fraction of sp³-hybridized carbons (Fsp3) is 0.474. The van der Waals surface area contributed by atoms with Gasteiger partial charge in [0.15, 0.2) is 0 Å². The molecule has 0 aromatic heterocycles. The standard InChI is InChI=1S/C19H26O5/c1-2-23-18(21)14-8-6-4-3-5-7-11-15-24-19(22)16-12-9-10-13-17(16)20/h8-10,12-14,20H,2-7,11,15H2,1H3. The van der Waals surface area contributed by atoms with Crippen LogP contribution in [-0.4, -0.2) is 30.3 Å². The molecule has 5 nitrogen and oxygen atoms in total. The molecule has 0 heterocycles. The minimum atomic E-state index is -0.489. The highest BCUT2D eigenvalue weighted by molar-refractivity contribution is 5.92. The molecule has 1 aromatic carbocycles. The van der Waals surface area contributed by atoms with Crippen LogP contribution in [0.15, 0.2) is 36.4 Å². The molecule has 0 aliphatic carbocycles. The first-order chi connectivity index (χ1) is 11.6. The third kappa shape index (κ3) is 8.36. The van der Waals surface area contributed by atoms with Crippen LogP contribution in [0.2, 0.25) is 0 Å². The molecule has 0 fully saturated rings. The Morgan fingerprint density at radius 1 is 1.04 bits per heavy atom. The van der Waals surface area contributed by atoms with E-state index in [9.17, 15) is 14.7 Å². The van der Waals surface area contributed by atoms with Gasteiger partial charge in [-0.05, 0) is 38.3 Å². The Morgan fingerprint density at radius 3 is 2.50 bits per heavy atom. The highest BCUT2D eigenvalue weighted by Crippen LogP contribution is 2.16. The summed E-state index contributed by atoms with van der Waals surface area (Å²) >= 11 is 0. The smallest absolute Gasteiger partial charge is 0.341 e. The lowest BCUT2D eigenvalue weighted by Crippen LogP contribution is -2.06. The van der Waals surface area contributed by atoms with Crippen LogP contribution >= 0.6 is 0 Å². The van der Waals surface area contributed by atoms with E-state index in [0.717, 1.165) is 38.5 Å². The van der Waals surface area contributed by atoms with Crippen molar-refractivity contribution in [3.63, 3.8) is 0 Å². The van der Waals surface area contributed by atoms with Gasteiger partial charge in [0.2, 0.25) is 0 Å². The minimum absolute atomic E-state index is 0.0571. The van der Waals surface area contributed by atoms with Crippen LogP contribution in [0.3, 0.4) is 0 Å². The maximum atomic E-state index is 11.7. The molecular weight excluding hydrogens is 308 g/mol. The van der Waals surface area contributed by atoms with Gasteiger partial charge in [-0.15, -0.1) is 0 Å². The molecule has 0 unspecified atom stereocenters.